The van der Waals surface area contributed by atoms with E-state index in [1.54, 1.807) is 12.3 Å². The summed E-state index contributed by atoms with van der Waals surface area (Å²) in [5.74, 6) is 0.623. The van der Waals surface area contributed by atoms with Crippen LogP contribution < -0.4 is 0 Å². The lowest BCUT2D eigenvalue weighted by Crippen LogP contribution is -2.37. The third-order valence-corrected chi connectivity index (χ3v) is 4.19. The Morgan fingerprint density at radius 3 is 2.88 bits per heavy atom. The van der Waals surface area contributed by atoms with Crippen molar-refractivity contribution in [2.75, 3.05) is 6.54 Å². The molecule has 1 amide bonds. The molecule has 0 radical (unpaired) electrons. The van der Waals surface area contributed by atoms with Crippen molar-refractivity contribution >= 4 is 17.7 Å². The highest BCUT2D eigenvalue weighted by Gasteiger charge is 2.39. The van der Waals surface area contributed by atoms with Crippen LogP contribution in [0.3, 0.4) is 0 Å². The Morgan fingerprint density at radius 1 is 1.44 bits per heavy atom. The number of hydrogen-bond acceptors (Lipinski definition) is 4. The Kier molecular flexibility index (Phi) is 4.75. The number of aromatic nitrogens is 2. The maximum Gasteiger partial charge on any atom is 0.411 e. The molecule has 1 aromatic carbocycles. The Hall–Kier alpha value is -2.05. The number of aliphatic hydroxyl groups is 1. The minimum atomic E-state index is -0.600. The van der Waals surface area contributed by atoms with Gasteiger partial charge in [-0.15, -0.1) is 0 Å². The highest BCUT2D eigenvalue weighted by molar-refractivity contribution is 6.30. The van der Waals surface area contributed by atoms with E-state index in [0.717, 1.165) is 11.3 Å². The van der Waals surface area contributed by atoms with Gasteiger partial charge in [0.05, 0.1) is 30.6 Å². The van der Waals surface area contributed by atoms with E-state index in [1.807, 2.05) is 39.0 Å². The fourth-order valence-electron chi connectivity index (χ4n) is 2.90. The smallest absolute Gasteiger partial charge is 0.411 e. The fourth-order valence-corrected chi connectivity index (χ4v) is 3.09. The van der Waals surface area contributed by atoms with Crippen molar-refractivity contribution in [3.05, 3.63) is 41.3 Å². The molecule has 1 aromatic heterocycles. The zero-order chi connectivity index (χ0) is 18.2. The first kappa shape index (κ1) is 17.8. The summed E-state index contributed by atoms with van der Waals surface area (Å²) < 4.78 is 5.45. The number of likely N-dealkylation sites (tertiary alicyclic amines) is 1. The molecule has 2 N–H and O–H groups in total. The zero-order valence-corrected chi connectivity index (χ0v) is 15.2. The van der Waals surface area contributed by atoms with Crippen LogP contribution >= 0.6 is 11.6 Å². The summed E-state index contributed by atoms with van der Waals surface area (Å²) >= 11 is 6.04. The molecule has 6 nitrogen and oxygen atoms in total. The van der Waals surface area contributed by atoms with Gasteiger partial charge in [0.25, 0.3) is 0 Å². The third kappa shape index (κ3) is 4.14. The quantitative estimate of drug-likeness (QED) is 0.851. The number of carbonyl (C=O) groups is 1. The van der Waals surface area contributed by atoms with Gasteiger partial charge in [0.1, 0.15) is 11.4 Å². The number of H-pyrrole nitrogens is 1. The molecule has 0 spiro atoms. The minimum Gasteiger partial charge on any atom is -0.444 e. The summed E-state index contributed by atoms with van der Waals surface area (Å²) in [6.07, 6.45) is 1.08. The Bertz CT molecular complexity index is 769. The molecule has 1 aliphatic heterocycles. The number of halogens is 1. The SMILES string of the molecule is CC(C)(C)OC(=O)N1C[C@H](O)C[C@H]1c1ncc(-c2cccc(Cl)c2)[nH]1. The Balaban J connectivity index is 1.83. The second kappa shape index (κ2) is 6.69. The van der Waals surface area contributed by atoms with E-state index < -0.39 is 17.8 Å². The molecule has 1 fully saturated rings. The molecule has 2 atom stereocenters. The molecule has 2 aromatic rings. The Labute approximate surface area is 151 Å². The average Bonchev–Trinajstić information content (AvgIpc) is 3.11. The van der Waals surface area contributed by atoms with Gasteiger partial charge in [-0.1, -0.05) is 23.7 Å². The summed E-state index contributed by atoms with van der Waals surface area (Å²) in [4.78, 5) is 21.6. The first-order valence-electron chi connectivity index (χ1n) is 8.21. The number of amides is 1. The number of nitrogens with one attached hydrogen (secondary N) is 1. The second-order valence-electron chi connectivity index (χ2n) is 7.23. The van der Waals surface area contributed by atoms with Gasteiger partial charge in [0.15, 0.2) is 0 Å². The topological polar surface area (TPSA) is 78.4 Å². The first-order chi connectivity index (χ1) is 11.7. The standard InChI is InChI=1S/C18H22ClN3O3/c1-18(2,3)25-17(24)22-10-13(23)8-15(22)16-20-9-14(21-16)11-5-4-6-12(19)7-11/h4-7,9,13,15,23H,8,10H2,1-3H3,(H,20,21)/t13-,15+/m1/s1. The zero-order valence-electron chi connectivity index (χ0n) is 14.5. The summed E-state index contributed by atoms with van der Waals surface area (Å²) in [6.45, 7) is 5.68. The molecule has 1 saturated heterocycles. The lowest BCUT2D eigenvalue weighted by atomic mass is 10.1. The summed E-state index contributed by atoms with van der Waals surface area (Å²) in [5.41, 5.74) is 1.13. The number of imidazole rings is 1. The van der Waals surface area contributed by atoms with Crippen molar-refractivity contribution in [3.8, 4) is 11.3 Å². The molecule has 0 saturated carbocycles. The minimum absolute atomic E-state index is 0.229. The molecule has 0 aliphatic carbocycles. The number of aromatic amines is 1. The highest BCUT2D eigenvalue weighted by atomic mass is 35.5. The molecule has 3 rings (SSSR count). The van der Waals surface area contributed by atoms with Gasteiger partial charge in [-0.2, -0.15) is 0 Å². The molecular weight excluding hydrogens is 342 g/mol. The second-order valence-corrected chi connectivity index (χ2v) is 7.67. The van der Waals surface area contributed by atoms with Gasteiger partial charge < -0.3 is 14.8 Å². The number of hydrogen-bond donors (Lipinski definition) is 2. The number of aliphatic hydroxyl groups excluding tert-OH is 1. The molecule has 0 bridgehead atoms. The number of carbonyl (C=O) groups excluding carboxylic acids is 1. The predicted molar refractivity (Wildman–Crippen MR) is 95.3 cm³/mol. The van der Waals surface area contributed by atoms with Gasteiger partial charge in [0.2, 0.25) is 0 Å². The van der Waals surface area contributed by atoms with E-state index in [-0.39, 0.29) is 12.6 Å². The van der Waals surface area contributed by atoms with Crippen LogP contribution in [0.4, 0.5) is 4.79 Å². The maximum absolute atomic E-state index is 12.4. The van der Waals surface area contributed by atoms with E-state index in [4.69, 9.17) is 16.3 Å². The van der Waals surface area contributed by atoms with E-state index in [0.29, 0.717) is 17.3 Å². The predicted octanol–water partition coefficient (Wildman–Crippen LogP) is 3.77. The fraction of sp³-hybridized carbons (Fsp3) is 0.444. The highest BCUT2D eigenvalue weighted by Crippen LogP contribution is 2.33. The van der Waals surface area contributed by atoms with Crippen LogP contribution in [0.25, 0.3) is 11.3 Å². The number of nitrogens with zero attached hydrogens (tertiary/aromatic N) is 2. The largest absolute Gasteiger partial charge is 0.444 e. The van der Waals surface area contributed by atoms with E-state index in [2.05, 4.69) is 9.97 Å². The third-order valence-electron chi connectivity index (χ3n) is 3.95. The first-order valence-corrected chi connectivity index (χ1v) is 8.59. The maximum atomic E-state index is 12.4. The van der Waals surface area contributed by atoms with Gasteiger partial charge in [-0.25, -0.2) is 9.78 Å². The molecule has 25 heavy (non-hydrogen) atoms. The number of benzene rings is 1. The Morgan fingerprint density at radius 2 is 2.20 bits per heavy atom. The summed E-state index contributed by atoms with van der Waals surface area (Å²) in [5, 5.41) is 10.7. The van der Waals surface area contributed by atoms with Crippen LogP contribution in [-0.4, -0.2) is 44.3 Å². The van der Waals surface area contributed by atoms with Crippen molar-refractivity contribution < 1.29 is 14.6 Å². The summed E-state index contributed by atoms with van der Waals surface area (Å²) in [6, 6.07) is 7.09. The molecule has 2 heterocycles. The van der Waals surface area contributed by atoms with Crippen molar-refractivity contribution in [2.24, 2.45) is 0 Å². The molecule has 1 aliphatic rings. The van der Waals surface area contributed by atoms with Crippen LogP contribution in [0.2, 0.25) is 5.02 Å². The molecular formula is C18H22ClN3O3. The van der Waals surface area contributed by atoms with Crippen LogP contribution in [0.15, 0.2) is 30.5 Å². The lowest BCUT2D eigenvalue weighted by molar-refractivity contribution is 0.0201. The lowest BCUT2D eigenvalue weighted by Gasteiger charge is -2.27. The molecule has 134 valence electrons. The monoisotopic (exact) mass is 363 g/mol. The van der Waals surface area contributed by atoms with E-state index in [1.165, 1.54) is 4.90 Å². The number of β-amino-alcohol motifs (C(OH)–C–C–N with tert-alkyl or cyclic N) is 1. The van der Waals surface area contributed by atoms with Crippen LogP contribution in [0.5, 0.6) is 0 Å². The van der Waals surface area contributed by atoms with Gasteiger partial charge >= 0.3 is 6.09 Å². The molecule has 7 heteroatoms. The van der Waals surface area contributed by atoms with Crippen LogP contribution in [0, 0.1) is 0 Å². The van der Waals surface area contributed by atoms with Crippen LogP contribution in [-0.2, 0) is 4.74 Å². The number of rotatable bonds is 2. The van der Waals surface area contributed by atoms with Crippen molar-refractivity contribution in [2.45, 2.75) is 44.9 Å². The van der Waals surface area contributed by atoms with Crippen molar-refractivity contribution in [1.82, 2.24) is 14.9 Å². The van der Waals surface area contributed by atoms with Gasteiger partial charge in [-0.3, -0.25) is 4.90 Å². The van der Waals surface area contributed by atoms with Crippen molar-refractivity contribution in [1.29, 1.82) is 0 Å². The van der Waals surface area contributed by atoms with Gasteiger partial charge in [0, 0.05) is 17.0 Å². The van der Waals surface area contributed by atoms with E-state index in [9.17, 15) is 9.90 Å². The van der Waals surface area contributed by atoms with E-state index >= 15 is 0 Å². The van der Waals surface area contributed by atoms with Gasteiger partial charge in [-0.05, 0) is 32.9 Å². The number of ether oxygens (including phenoxy) is 1. The normalized spacial score (nSPS) is 20.8. The van der Waals surface area contributed by atoms with Crippen LogP contribution in [0.1, 0.15) is 39.1 Å². The summed E-state index contributed by atoms with van der Waals surface area (Å²) in [7, 11) is 0. The van der Waals surface area contributed by atoms with Crippen molar-refractivity contribution in [3.63, 3.8) is 0 Å². The molecule has 0 unspecified atom stereocenters. The average molecular weight is 364 g/mol.